The largest absolute Gasteiger partial charge is 0.389 e. The third kappa shape index (κ3) is 3.12. The molecule has 0 fully saturated rings. The van der Waals surface area contributed by atoms with Crippen molar-refractivity contribution in [3.63, 3.8) is 0 Å². The fourth-order valence-corrected chi connectivity index (χ4v) is 0.996. The molecule has 0 amide bonds. The van der Waals surface area contributed by atoms with E-state index < -0.39 is 5.60 Å². The molecular weight excluding hydrogens is 168 g/mol. The van der Waals surface area contributed by atoms with Gasteiger partial charge in [0, 0.05) is 6.04 Å². The number of nitrogens with zero attached hydrogens (tertiary/aromatic N) is 3. The number of aliphatic hydroxyl groups is 1. The third-order valence-corrected chi connectivity index (χ3v) is 1.57. The minimum Gasteiger partial charge on any atom is -0.389 e. The van der Waals surface area contributed by atoms with Crippen LogP contribution in [0, 0.1) is 0 Å². The molecule has 0 spiro atoms. The highest BCUT2D eigenvalue weighted by molar-refractivity contribution is 4.97. The highest BCUT2D eigenvalue weighted by atomic mass is 16.3. The lowest BCUT2D eigenvalue weighted by Gasteiger charge is -2.15. The number of aromatic nitrogens is 3. The molecule has 74 valence electrons. The van der Waals surface area contributed by atoms with E-state index in [0.717, 1.165) is 5.69 Å². The van der Waals surface area contributed by atoms with Crippen LogP contribution in [0.25, 0.3) is 0 Å². The van der Waals surface area contributed by atoms with Crippen molar-refractivity contribution >= 4 is 0 Å². The van der Waals surface area contributed by atoms with Crippen LogP contribution in [0.2, 0.25) is 0 Å². The van der Waals surface area contributed by atoms with E-state index in [1.54, 1.807) is 24.7 Å². The Morgan fingerprint density at radius 2 is 2.31 bits per heavy atom. The van der Waals surface area contributed by atoms with Gasteiger partial charge in [0.05, 0.1) is 24.0 Å². The summed E-state index contributed by atoms with van der Waals surface area (Å²) in [6.45, 7) is 5.71. The summed E-state index contributed by atoms with van der Waals surface area (Å²) in [4.78, 5) is 0. The quantitative estimate of drug-likeness (QED) is 0.697. The van der Waals surface area contributed by atoms with Gasteiger partial charge in [-0.15, -0.1) is 5.10 Å². The summed E-state index contributed by atoms with van der Waals surface area (Å²) < 4.78 is 1.60. The van der Waals surface area contributed by atoms with Crippen molar-refractivity contribution in [2.24, 2.45) is 5.73 Å². The monoisotopic (exact) mass is 184 g/mol. The maximum Gasteiger partial charge on any atom is 0.0991 e. The molecule has 1 heterocycles. The van der Waals surface area contributed by atoms with Crippen LogP contribution in [0.15, 0.2) is 6.20 Å². The minimum atomic E-state index is -0.775. The Labute approximate surface area is 77.6 Å². The van der Waals surface area contributed by atoms with E-state index in [-0.39, 0.29) is 6.04 Å². The first kappa shape index (κ1) is 10.1. The first-order valence-electron chi connectivity index (χ1n) is 4.26. The van der Waals surface area contributed by atoms with Crippen LogP contribution in [0.4, 0.5) is 0 Å². The number of rotatable bonds is 3. The van der Waals surface area contributed by atoms with Gasteiger partial charge in [0.2, 0.25) is 0 Å². The Morgan fingerprint density at radius 1 is 1.69 bits per heavy atom. The summed E-state index contributed by atoms with van der Waals surface area (Å²) in [5.41, 5.74) is 5.58. The van der Waals surface area contributed by atoms with E-state index in [1.807, 2.05) is 6.92 Å². The van der Waals surface area contributed by atoms with Crippen LogP contribution in [0.5, 0.6) is 0 Å². The molecule has 13 heavy (non-hydrogen) atoms. The molecule has 0 aliphatic carbocycles. The molecule has 1 aromatic rings. The molecule has 3 N–H and O–H groups in total. The normalized spacial score (nSPS) is 14.5. The molecule has 1 aromatic heterocycles. The molecule has 1 atom stereocenters. The van der Waals surface area contributed by atoms with E-state index in [0.29, 0.717) is 6.54 Å². The molecule has 5 nitrogen and oxygen atoms in total. The van der Waals surface area contributed by atoms with Crippen molar-refractivity contribution in [3.05, 3.63) is 11.9 Å². The Bertz CT molecular complexity index is 274. The van der Waals surface area contributed by atoms with Gasteiger partial charge < -0.3 is 10.8 Å². The molecule has 0 bridgehead atoms. The summed E-state index contributed by atoms with van der Waals surface area (Å²) >= 11 is 0. The second kappa shape index (κ2) is 3.43. The SMILES string of the molecule is CC(N)c1cn(CC(C)(C)O)nn1. The van der Waals surface area contributed by atoms with Crippen molar-refractivity contribution in [1.82, 2.24) is 15.0 Å². The molecule has 0 saturated heterocycles. The molecule has 0 saturated carbocycles. The third-order valence-electron chi connectivity index (χ3n) is 1.57. The van der Waals surface area contributed by atoms with E-state index in [1.165, 1.54) is 0 Å². The summed E-state index contributed by atoms with van der Waals surface area (Å²) in [7, 11) is 0. The van der Waals surface area contributed by atoms with Crippen LogP contribution in [-0.4, -0.2) is 25.7 Å². The predicted octanol–water partition coefficient (Wildman–Crippen LogP) is 0.0687. The smallest absolute Gasteiger partial charge is 0.0991 e. The van der Waals surface area contributed by atoms with Gasteiger partial charge in [0.15, 0.2) is 0 Å². The van der Waals surface area contributed by atoms with E-state index in [2.05, 4.69) is 10.3 Å². The average Bonchev–Trinajstić information content (AvgIpc) is 2.31. The van der Waals surface area contributed by atoms with Crippen LogP contribution >= 0.6 is 0 Å². The van der Waals surface area contributed by atoms with Gasteiger partial charge in [-0.2, -0.15) is 0 Å². The second-order valence-electron chi connectivity index (χ2n) is 3.94. The first-order valence-corrected chi connectivity index (χ1v) is 4.26. The van der Waals surface area contributed by atoms with Crippen molar-refractivity contribution < 1.29 is 5.11 Å². The standard InChI is InChI=1S/C8H16N4O/c1-6(9)7-4-12(11-10-7)5-8(2,3)13/h4,6,13H,5,9H2,1-3H3. The van der Waals surface area contributed by atoms with Crippen LogP contribution in [0.3, 0.4) is 0 Å². The fourth-order valence-electron chi connectivity index (χ4n) is 0.996. The number of hydrogen-bond donors (Lipinski definition) is 2. The van der Waals surface area contributed by atoms with Crippen molar-refractivity contribution in [3.8, 4) is 0 Å². The summed E-state index contributed by atoms with van der Waals surface area (Å²) in [5, 5.41) is 17.2. The van der Waals surface area contributed by atoms with Crippen molar-refractivity contribution in [2.45, 2.75) is 39.0 Å². The Balaban J connectivity index is 2.70. The summed E-state index contributed by atoms with van der Waals surface area (Å²) in [5.74, 6) is 0. The molecule has 1 unspecified atom stereocenters. The van der Waals surface area contributed by atoms with Crippen molar-refractivity contribution in [2.75, 3.05) is 0 Å². The zero-order chi connectivity index (χ0) is 10.1. The van der Waals surface area contributed by atoms with Gasteiger partial charge in [-0.05, 0) is 20.8 Å². The van der Waals surface area contributed by atoms with Gasteiger partial charge in [0.25, 0.3) is 0 Å². The maximum atomic E-state index is 9.50. The molecule has 0 aliphatic heterocycles. The van der Waals surface area contributed by atoms with Crippen LogP contribution in [0.1, 0.15) is 32.5 Å². The number of nitrogens with two attached hydrogens (primary N) is 1. The Morgan fingerprint density at radius 3 is 2.69 bits per heavy atom. The van der Waals surface area contributed by atoms with E-state index in [4.69, 9.17) is 5.73 Å². The van der Waals surface area contributed by atoms with Crippen LogP contribution in [-0.2, 0) is 6.54 Å². The van der Waals surface area contributed by atoms with Gasteiger partial charge in [-0.3, -0.25) is 0 Å². The molecule has 5 heteroatoms. The van der Waals surface area contributed by atoms with Gasteiger partial charge in [-0.25, -0.2) is 4.68 Å². The number of hydrogen-bond acceptors (Lipinski definition) is 4. The summed E-state index contributed by atoms with van der Waals surface area (Å²) in [6.07, 6.45) is 1.75. The molecule has 0 radical (unpaired) electrons. The molecule has 1 rings (SSSR count). The van der Waals surface area contributed by atoms with E-state index >= 15 is 0 Å². The van der Waals surface area contributed by atoms with Crippen molar-refractivity contribution in [1.29, 1.82) is 0 Å². The van der Waals surface area contributed by atoms with Gasteiger partial charge in [-0.1, -0.05) is 5.21 Å². The average molecular weight is 184 g/mol. The zero-order valence-corrected chi connectivity index (χ0v) is 8.23. The highest BCUT2D eigenvalue weighted by Gasteiger charge is 2.15. The van der Waals surface area contributed by atoms with Gasteiger partial charge >= 0.3 is 0 Å². The fraction of sp³-hybridized carbons (Fsp3) is 0.750. The predicted molar refractivity (Wildman–Crippen MR) is 48.9 cm³/mol. The van der Waals surface area contributed by atoms with Crippen LogP contribution < -0.4 is 5.73 Å². The zero-order valence-electron chi connectivity index (χ0n) is 8.23. The molecular formula is C8H16N4O. The Hall–Kier alpha value is -0.940. The first-order chi connectivity index (χ1) is 5.88. The lowest BCUT2D eigenvalue weighted by Crippen LogP contribution is -2.26. The summed E-state index contributed by atoms with van der Waals surface area (Å²) in [6, 6.07) is -0.115. The molecule has 0 aliphatic rings. The minimum absolute atomic E-state index is 0.115. The highest BCUT2D eigenvalue weighted by Crippen LogP contribution is 2.07. The van der Waals surface area contributed by atoms with E-state index in [9.17, 15) is 5.11 Å². The van der Waals surface area contributed by atoms with Gasteiger partial charge in [0.1, 0.15) is 0 Å². The topological polar surface area (TPSA) is 77.0 Å². The second-order valence-corrected chi connectivity index (χ2v) is 3.94. The maximum absolute atomic E-state index is 9.50. The Kier molecular flexibility index (Phi) is 2.68. The lowest BCUT2D eigenvalue weighted by atomic mass is 10.1. The lowest BCUT2D eigenvalue weighted by molar-refractivity contribution is 0.0571. The molecule has 0 aromatic carbocycles.